The molecular formula is C33H31N3O3. The number of benzene rings is 4. The maximum Gasteiger partial charge on any atom is 0.340 e. The molecule has 0 amide bonds. The van der Waals surface area contributed by atoms with E-state index in [1.807, 2.05) is 53.4 Å². The molecule has 39 heavy (non-hydrogen) atoms. The quantitative estimate of drug-likeness (QED) is 0.224. The molecule has 4 aromatic rings. The molecule has 0 atom stereocenters. The topological polar surface area (TPSA) is 54.4 Å². The standard InChI is InChI=1S/C33H31N3O3/c1-3-35-24-29(39-33(35)34-31-18-12-11-17-30(31)32(37)38-4-2)23-25-19-21-28(22-20-25)36(26-13-7-5-8-14-26)27-15-9-6-10-16-27/h5-23H,3-4,24H2,1-2H3/b29-23+,34-33?. The molecule has 1 fully saturated rings. The van der Waals surface area contributed by atoms with Crippen LogP contribution in [-0.4, -0.2) is 36.6 Å². The minimum Gasteiger partial charge on any atom is -0.462 e. The predicted octanol–water partition coefficient (Wildman–Crippen LogP) is 7.71. The van der Waals surface area contributed by atoms with E-state index in [1.165, 1.54) is 0 Å². The van der Waals surface area contributed by atoms with Crippen LogP contribution in [0.4, 0.5) is 22.7 Å². The Labute approximate surface area is 229 Å². The van der Waals surface area contributed by atoms with Gasteiger partial charge in [-0.1, -0.05) is 60.7 Å². The number of hydrogen-bond acceptors (Lipinski definition) is 5. The summed E-state index contributed by atoms with van der Waals surface area (Å²) in [5.74, 6) is 0.398. The van der Waals surface area contributed by atoms with E-state index in [0.29, 0.717) is 30.4 Å². The van der Waals surface area contributed by atoms with Crippen molar-refractivity contribution in [1.29, 1.82) is 0 Å². The van der Waals surface area contributed by atoms with Crippen LogP contribution in [0.2, 0.25) is 0 Å². The van der Waals surface area contributed by atoms with Crippen molar-refractivity contribution in [2.24, 2.45) is 4.99 Å². The summed E-state index contributed by atoms with van der Waals surface area (Å²) in [5, 5.41) is 0. The molecule has 1 aliphatic heterocycles. The molecule has 6 nitrogen and oxygen atoms in total. The van der Waals surface area contributed by atoms with E-state index in [1.54, 1.807) is 25.1 Å². The first-order valence-electron chi connectivity index (χ1n) is 13.1. The van der Waals surface area contributed by atoms with E-state index in [-0.39, 0.29) is 0 Å². The second-order valence-corrected chi connectivity index (χ2v) is 8.96. The summed E-state index contributed by atoms with van der Waals surface area (Å²) in [7, 11) is 0. The van der Waals surface area contributed by atoms with Gasteiger partial charge >= 0.3 is 5.97 Å². The van der Waals surface area contributed by atoms with Gasteiger partial charge in [-0.05, 0) is 74.0 Å². The summed E-state index contributed by atoms with van der Waals surface area (Å²) < 4.78 is 11.4. The number of anilines is 3. The Morgan fingerprint density at radius 2 is 1.44 bits per heavy atom. The first kappa shape index (κ1) is 25.8. The Kier molecular flexibility index (Phi) is 8.03. The van der Waals surface area contributed by atoms with Crippen LogP contribution in [-0.2, 0) is 9.47 Å². The minimum atomic E-state index is -0.394. The van der Waals surface area contributed by atoms with Crippen LogP contribution in [0.25, 0.3) is 6.08 Å². The van der Waals surface area contributed by atoms with E-state index in [2.05, 4.69) is 65.3 Å². The van der Waals surface area contributed by atoms with Crippen LogP contribution in [0, 0.1) is 0 Å². The van der Waals surface area contributed by atoms with Gasteiger partial charge in [0, 0.05) is 23.6 Å². The van der Waals surface area contributed by atoms with E-state index in [4.69, 9.17) is 9.47 Å². The van der Waals surface area contributed by atoms with Gasteiger partial charge in [-0.2, -0.15) is 4.99 Å². The fourth-order valence-corrected chi connectivity index (χ4v) is 4.45. The SMILES string of the molecule is CCOC(=O)c1ccccc1N=C1O/C(=C/c2ccc(N(c3ccccc3)c3ccccc3)cc2)CN1CC. The Balaban J connectivity index is 1.39. The number of para-hydroxylation sites is 3. The lowest BCUT2D eigenvalue weighted by molar-refractivity contribution is 0.0527. The molecule has 1 aliphatic rings. The first-order chi connectivity index (χ1) is 19.2. The minimum absolute atomic E-state index is 0.307. The van der Waals surface area contributed by atoms with E-state index in [0.717, 1.165) is 34.9 Å². The van der Waals surface area contributed by atoms with Crippen LogP contribution in [0.3, 0.4) is 0 Å². The van der Waals surface area contributed by atoms with Gasteiger partial charge in [0.1, 0.15) is 5.76 Å². The maximum absolute atomic E-state index is 12.4. The molecule has 0 unspecified atom stereocenters. The van der Waals surface area contributed by atoms with Crippen molar-refractivity contribution in [3.63, 3.8) is 0 Å². The normalized spacial score (nSPS) is 14.9. The smallest absolute Gasteiger partial charge is 0.340 e. The molecule has 0 spiro atoms. The third-order valence-corrected chi connectivity index (χ3v) is 6.34. The molecule has 1 heterocycles. The molecule has 0 aliphatic carbocycles. The fraction of sp³-hybridized carbons (Fsp3) is 0.152. The third kappa shape index (κ3) is 6.02. The molecule has 1 saturated heterocycles. The molecule has 196 valence electrons. The van der Waals surface area contributed by atoms with Gasteiger partial charge in [-0.3, -0.25) is 0 Å². The van der Waals surface area contributed by atoms with E-state index in [9.17, 15) is 4.79 Å². The Bertz CT molecular complexity index is 1430. The van der Waals surface area contributed by atoms with E-state index >= 15 is 0 Å². The Morgan fingerprint density at radius 3 is 2.05 bits per heavy atom. The Morgan fingerprint density at radius 1 is 0.846 bits per heavy atom. The molecular weight excluding hydrogens is 486 g/mol. The zero-order chi connectivity index (χ0) is 27.0. The van der Waals surface area contributed by atoms with Crippen LogP contribution >= 0.6 is 0 Å². The molecule has 0 saturated carbocycles. The monoisotopic (exact) mass is 517 g/mol. The van der Waals surface area contributed by atoms with Crippen molar-refractivity contribution in [1.82, 2.24) is 4.90 Å². The maximum atomic E-state index is 12.4. The summed E-state index contributed by atoms with van der Waals surface area (Å²) >= 11 is 0. The predicted molar refractivity (Wildman–Crippen MR) is 157 cm³/mol. The number of aliphatic imine (C=N–C) groups is 1. The van der Waals surface area contributed by atoms with Gasteiger partial charge < -0.3 is 19.3 Å². The summed E-state index contributed by atoms with van der Waals surface area (Å²) in [6.45, 7) is 5.46. The lowest BCUT2D eigenvalue weighted by Gasteiger charge is -2.25. The molecule has 5 rings (SSSR count). The summed E-state index contributed by atoms with van der Waals surface area (Å²) in [6.07, 6.45) is 2.03. The lowest BCUT2D eigenvalue weighted by Crippen LogP contribution is -2.24. The summed E-state index contributed by atoms with van der Waals surface area (Å²) in [6, 6.07) is 36.7. The average Bonchev–Trinajstić information content (AvgIpc) is 3.36. The van der Waals surface area contributed by atoms with Crippen LogP contribution in [0.1, 0.15) is 29.8 Å². The molecule has 0 bridgehead atoms. The second kappa shape index (κ2) is 12.1. The number of nitrogens with zero attached hydrogens (tertiary/aromatic N) is 3. The Hall–Kier alpha value is -4.84. The highest BCUT2D eigenvalue weighted by Crippen LogP contribution is 2.34. The number of amidine groups is 1. The molecule has 6 heteroatoms. The van der Waals surface area contributed by atoms with Gasteiger partial charge in [0.2, 0.25) is 0 Å². The highest BCUT2D eigenvalue weighted by atomic mass is 16.5. The van der Waals surface area contributed by atoms with Crippen molar-refractivity contribution in [2.45, 2.75) is 13.8 Å². The van der Waals surface area contributed by atoms with Gasteiger partial charge in [0.05, 0.1) is 24.4 Å². The van der Waals surface area contributed by atoms with E-state index < -0.39 is 5.97 Å². The van der Waals surface area contributed by atoms with Crippen molar-refractivity contribution in [3.05, 3.63) is 126 Å². The number of ether oxygens (including phenoxy) is 2. The van der Waals surface area contributed by atoms with Gasteiger partial charge in [-0.15, -0.1) is 0 Å². The first-order valence-corrected chi connectivity index (χ1v) is 13.1. The van der Waals surface area contributed by atoms with Gasteiger partial charge in [0.15, 0.2) is 0 Å². The van der Waals surface area contributed by atoms with Crippen LogP contribution < -0.4 is 4.90 Å². The van der Waals surface area contributed by atoms with Crippen molar-refractivity contribution >= 4 is 40.8 Å². The summed E-state index contributed by atoms with van der Waals surface area (Å²) in [5.41, 5.74) is 5.22. The zero-order valence-electron chi connectivity index (χ0n) is 22.2. The number of carbonyl (C=O) groups excluding carboxylic acids is 1. The third-order valence-electron chi connectivity index (χ3n) is 6.34. The van der Waals surface area contributed by atoms with Crippen molar-refractivity contribution < 1.29 is 14.3 Å². The average molecular weight is 518 g/mol. The van der Waals surface area contributed by atoms with Crippen LogP contribution in [0.15, 0.2) is 120 Å². The van der Waals surface area contributed by atoms with Crippen molar-refractivity contribution in [2.75, 3.05) is 24.6 Å². The van der Waals surface area contributed by atoms with Gasteiger partial charge in [-0.25, -0.2) is 4.79 Å². The second-order valence-electron chi connectivity index (χ2n) is 8.96. The number of hydrogen-bond donors (Lipinski definition) is 0. The fourth-order valence-electron chi connectivity index (χ4n) is 4.45. The zero-order valence-corrected chi connectivity index (χ0v) is 22.2. The van der Waals surface area contributed by atoms with Crippen molar-refractivity contribution in [3.8, 4) is 0 Å². The number of rotatable bonds is 8. The number of esters is 1. The molecule has 0 N–H and O–H groups in total. The highest BCUT2D eigenvalue weighted by Gasteiger charge is 2.25. The van der Waals surface area contributed by atoms with Crippen LogP contribution in [0.5, 0.6) is 0 Å². The molecule has 4 aromatic carbocycles. The molecule has 0 aromatic heterocycles. The largest absolute Gasteiger partial charge is 0.462 e. The number of likely N-dealkylation sites (N-methyl/N-ethyl adjacent to an activating group) is 1. The molecule has 0 radical (unpaired) electrons. The number of carbonyl (C=O) groups is 1. The highest BCUT2D eigenvalue weighted by molar-refractivity contribution is 5.96. The lowest BCUT2D eigenvalue weighted by atomic mass is 10.1. The van der Waals surface area contributed by atoms with Gasteiger partial charge in [0.25, 0.3) is 6.02 Å². The summed E-state index contributed by atoms with van der Waals surface area (Å²) in [4.78, 5) is 21.3.